The van der Waals surface area contributed by atoms with E-state index in [2.05, 4.69) is 10.3 Å². The summed E-state index contributed by atoms with van der Waals surface area (Å²) in [7, 11) is 0. The summed E-state index contributed by atoms with van der Waals surface area (Å²) in [6, 6.07) is 19.3. The third kappa shape index (κ3) is 3.89. The second-order valence-electron chi connectivity index (χ2n) is 5.26. The molecule has 2 N–H and O–H groups in total. The van der Waals surface area contributed by atoms with E-state index in [1.54, 1.807) is 12.4 Å². The van der Waals surface area contributed by atoms with Gasteiger partial charge in [0.05, 0.1) is 18.3 Å². The predicted molar refractivity (Wildman–Crippen MR) is 94.6 cm³/mol. The lowest BCUT2D eigenvalue weighted by Crippen LogP contribution is -2.14. The van der Waals surface area contributed by atoms with Crippen LogP contribution in [0.25, 0.3) is 11.1 Å². The first kappa shape index (κ1) is 15.5. The summed E-state index contributed by atoms with van der Waals surface area (Å²) in [4.78, 5) is 4.28. The van der Waals surface area contributed by atoms with Crippen molar-refractivity contribution in [2.75, 3.05) is 11.9 Å². The smallest absolute Gasteiger partial charge is 0.0745 e. The summed E-state index contributed by atoms with van der Waals surface area (Å²) < 4.78 is 0. The number of nitrogens with zero attached hydrogens (tertiary/aromatic N) is 1. The molecule has 0 radical (unpaired) electrons. The van der Waals surface area contributed by atoms with E-state index in [-0.39, 0.29) is 12.6 Å². The van der Waals surface area contributed by atoms with Gasteiger partial charge in [-0.1, -0.05) is 54.1 Å². The van der Waals surface area contributed by atoms with Crippen molar-refractivity contribution in [2.45, 2.75) is 6.04 Å². The minimum absolute atomic E-state index is 0.00536. The Morgan fingerprint density at radius 2 is 1.78 bits per heavy atom. The molecule has 3 rings (SSSR count). The van der Waals surface area contributed by atoms with Crippen LogP contribution in [0.2, 0.25) is 5.02 Å². The molecule has 0 amide bonds. The molecule has 0 bridgehead atoms. The van der Waals surface area contributed by atoms with Gasteiger partial charge in [0.25, 0.3) is 0 Å². The van der Waals surface area contributed by atoms with Crippen molar-refractivity contribution in [1.82, 2.24) is 4.98 Å². The van der Waals surface area contributed by atoms with E-state index in [0.29, 0.717) is 5.02 Å². The van der Waals surface area contributed by atoms with Gasteiger partial charge in [0.2, 0.25) is 0 Å². The minimum atomic E-state index is -0.174. The highest BCUT2D eigenvalue weighted by Gasteiger charge is 2.10. The molecule has 0 unspecified atom stereocenters. The number of aliphatic hydroxyl groups excluding tert-OH is 1. The molecule has 1 aromatic heterocycles. The van der Waals surface area contributed by atoms with Crippen molar-refractivity contribution in [3.8, 4) is 11.1 Å². The van der Waals surface area contributed by atoms with Gasteiger partial charge in [-0.05, 0) is 29.3 Å². The Morgan fingerprint density at radius 3 is 2.52 bits per heavy atom. The number of pyridine rings is 1. The molecule has 0 fully saturated rings. The number of halogens is 1. The Bertz CT molecular complexity index is 777. The van der Waals surface area contributed by atoms with Gasteiger partial charge in [-0.3, -0.25) is 4.98 Å². The summed E-state index contributed by atoms with van der Waals surface area (Å²) in [5.41, 5.74) is 3.87. The van der Waals surface area contributed by atoms with Crippen molar-refractivity contribution in [3.63, 3.8) is 0 Å². The van der Waals surface area contributed by atoms with Gasteiger partial charge in [0, 0.05) is 23.0 Å². The first-order valence-corrected chi connectivity index (χ1v) is 7.77. The zero-order valence-electron chi connectivity index (χ0n) is 12.5. The number of nitrogens with one attached hydrogen (secondary N) is 1. The second kappa shape index (κ2) is 7.27. The molecule has 0 aliphatic heterocycles. The molecule has 0 saturated heterocycles. The van der Waals surface area contributed by atoms with Crippen LogP contribution in [-0.4, -0.2) is 16.7 Å². The molecule has 116 valence electrons. The topological polar surface area (TPSA) is 45.1 Å². The highest BCUT2D eigenvalue weighted by molar-refractivity contribution is 6.30. The molecule has 0 aliphatic carbocycles. The quantitative estimate of drug-likeness (QED) is 0.724. The van der Waals surface area contributed by atoms with Crippen molar-refractivity contribution >= 4 is 17.3 Å². The number of aromatic nitrogens is 1. The minimum Gasteiger partial charge on any atom is -0.394 e. The number of hydrogen-bond acceptors (Lipinski definition) is 3. The third-order valence-electron chi connectivity index (χ3n) is 3.62. The molecule has 1 heterocycles. The van der Waals surface area contributed by atoms with Gasteiger partial charge in [0.15, 0.2) is 0 Å². The summed E-state index contributed by atoms with van der Waals surface area (Å²) in [6.45, 7) is 0.00536. The van der Waals surface area contributed by atoms with Crippen LogP contribution in [0.3, 0.4) is 0 Å². The van der Waals surface area contributed by atoms with Crippen LogP contribution in [-0.2, 0) is 0 Å². The van der Waals surface area contributed by atoms with Crippen LogP contribution in [0, 0.1) is 0 Å². The third-order valence-corrected chi connectivity index (χ3v) is 3.86. The summed E-state index contributed by atoms with van der Waals surface area (Å²) in [6.07, 6.45) is 3.55. The molecule has 3 nitrogen and oxygen atoms in total. The van der Waals surface area contributed by atoms with E-state index in [1.165, 1.54) is 0 Å². The van der Waals surface area contributed by atoms with Crippen molar-refractivity contribution in [1.29, 1.82) is 0 Å². The first-order valence-electron chi connectivity index (χ1n) is 7.39. The maximum atomic E-state index is 9.66. The Kier molecular flexibility index (Phi) is 4.91. The molecule has 1 atom stereocenters. The van der Waals surface area contributed by atoms with Crippen molar-refractivity contribution in [2.24, 2.45) is 0 Å². The van der Waals surface area contributed by atoms with Gasteiger partial charge >= 0.3 is 0 Å². The van der Waals surface area contributed by atoms with E-state index < -0.39 is 0 Å². The Balaban J connectivity index is 1.85. The van der Waals surface area contributed by atoms with Crippen LogP contribution in [0.15, 0.2) is 73.1 Å². The predicted octanol–water partition coefficient (Wildman–Crippen LogP) is 4.55. The monoisotopic (exact) mass is 324 g/mol. The van der Waals surface area contributed by atoms with Gasteiger partial charge in [-0.2, -0.15) is 0 Å². The molecular formula is C19H17ClN2O. The average Bonchev–Trinajstić information content (AvgIpc) is 2.61. The highest BCUT2D eigenvalue weighted by atomic mass is 35.5. The standard InChI is InChI=1S/C19H17ClN2O/c20-17-8-4-7-15(9-17)16-10-18(12-21-11-16)22-19(13-23)14-5-2-1-3-6-14/h1-12,19,22-23H,13H2/t19-/m0/s1. The van der Waals surface area contributed by atoms with Crippen molar-refractivity contribution < 1.29 is 5.11 Å². The van der Waals surface area contributed by atoms with Crippen LogP contribution in [0.5, 0.6) is 0 Å². The molecule has 0 spiro atoms. The van der Waals surface area contributed by atoms with Crippen LogP contribution in [0.1, 0.15) is 11.6 Å². The summed E-state index contributed by atoms with van der Waals surface area (Å²) in [5, 5.41) is 13.7. The molecule has 4 heteroatoms. The Hall–Kier alpha value is -2.36. The van der Waals surface area contributed by atoms with E-state index in [9.17, 15) is 5.11 Å². The SMILES string of the molecule is OC[C@H](Nc1cncc(-c2cccc(Cl)c2)c1)c1ccccc1. The Labute approximate surface area is 140 Å². The van der Waals surface area contributed by atoms with Gasteiger partial charge in [0.1, 0.15) is 0 Å². The van der Waals surface area contributed by atoms with Crippen molar-refractivity contribution in [3.05, 3.63) is 83.6 Å². The molecule has 3 aromatic rings. The van der Waals surface area contributed by atoms with Gasteiger partial charge in [-0.25, -0.2) is 0 Å². The molecule has 0 saturated carbocycles. The fraction of sp³-hybridized carbons (Fsp3) is 0.105. The number of hydrogen-bond donors (Lipinski definition) is 2. The van der Waals surface area contributed by atoms with Crippen LogP contribution < -0.4 is 5.32 Å². The Morgan fingerprint density at radius 1 is 0.957 bits per heavy atom. The summed E-state index contributed by atoms with van der Waals surface area (Å²) >= 11 is 6.05. The van der Waals surface area contributed by atoms with Crippen LogP contribution >= 0.6 is 11.6 Å². The zero-order chi connectivity index (χ0) is 16.1. The average molecular weight is 325 g/mol. The maximum Gasteiger partial charge on any atom is 0.0745 e. The van der Waals surface area contributed by atoms with E-state index in [4.69, 9.17) is 11.6 Å². The second-order valence-corrected chi connectivity index (χ2v) is 5.70. The fourth-order valence-electron chi connectivity index (χ4n) is 2.47. The number of anilines is 1. The number of benzene rings is 2. The molecule has 0 aliphatic rings. The van der Waals surface area contributed by atoms with E-state index >= 15 is 0 Å². The van der Waals surface area contributed by atoms with Crippen LogP contribution in [0.4, 0.5) is 5.69 Å². The molecular weight excluding hydrogens is 308 g/mol. The lowest BCUT2D eigenvalue weighted by Gasteiger charge is -2.18. The number of rotatable bonds is 5. The largest absolute Gasteiger partial charge is 0.394 e. The van der Waals surface area contributed by atoms with Gasteiger partial charge < -0.3 is 10.4 Å². The lowest BCUT2D eigenvalue weighted by atomic mass is 10.1. The van der Waals surface area contributed by atoms with E-state index in [0.717, 1.165) is 22.4 Å². The molecule has 2 aromatic carbocycles. The zero-order valence-corrected chi connectivity index (χ0v) is 13.2. The lowest BCUT2D eigenvalue weighted by molar-refractivity contribution is 0.276. The normalized spacial score (nSPS) is 11.9. The summed E-state index contributed by atoms with van der Waals surface area (Å²) in [5.74, 6) is 0. The van der Waals surface area contributed by atoms with E-state index in [1.807, 2.05) is 60.7 Å². The highest BCUT2D eigenvalue weighted by Crippen LogP contribution is 2.26. The fourth-order valence-corrected chi connectivity index (χ4v) is 2.66. The maximum absolute atomic E-state index is 9.66. The van der Waals surface area contributed by atoms with Gasteiger partial charge in [-0.15, -0.1) is 0 Å². The first-order chi connectivity index (χ1) is 11.3. The number of aliphatic hydroxyl groups is 1. The molecule has 23 heavy (non-hydrogen) atoms.